The van der Waals surface area contributed by atoms with Gasteiger partial charge in [-0.2, -0.15) is 0 Å². The van der Waals surface area contributed by atoms with Crippen molar-refractivity contribution in [3.05, 3.63) is 78.4 Å². The van der Waals surface area contributed by atoms with Crippen molar-refractivity contribution in [2.24, 2.45) is 0 Å². The highest BCUT2D eigenvalue weighted by atomic mass is 16.1. The van der Waals surface area contributed by atoms with Crippen LogP contribution in [-0.2, 0) is 6.54 Å². The normalized spacial score (nSPS) is 13.4. The molecule has 1 fully saturated rings. The lowest BCUT2D eigenvalue weighted by molar-refractivity contribution is 0.0950. The number of benzene rings is 1. The molecule has 0 saturated carbocycles. The quantitative estimate of drug-likeness (QED) is 0.689. The van der Waals surface area contributed by atoms with Crippen LogP contribution >= 0.6 is 0 Å². The van der Waals surface area contributed by atoms with Gasteiger partial charge in [0.05, 0.1) is 17.4 Å². The van der Waals surface area contributed by atoms with Gasteiger partial charge in [0, 0.05) is 49.6 Å². The highest BCUT2D eigenvalue weighted by Gasteiger charge is 2.12. The number of carbonyl (C=O) groups is 1. The molecule has 3 heterocycles. The molecule has 28 heavy (non-hydrogen) atoms. The van der Waals surface area contributed by atoms with Gasteiger partial charge in [-0.25, -0.2) is 0 Å². The Balaban J connectivity index is 1.38. The summed E-state index contributed by atoms with van der Waals surface area (Å²) < 4.78 is 0. The molecular weight excluding hydrogens is 350 g/mol. The van der Waals surface area contributed by atoms with Crippen molar-refractivity contribution in [1.82, 2.24) is 15.3 Å². The van der Waals surface area contributed by atoms with E-state index in [1.54, 1.807) is 24.8 Å². The molecule has 6 nitrogen and oxygen atoms in total. The van der Waals surface area contributed by atoms with Gasteiger partial charge in [-0.1, -0.05) is 0 Å². The van der Waals surface area contributed by atoms with Crippen LogP contribution in [0.2, 0.25) is 0 Å². The van der Waals surface area contributed by atoms with E-state index in [1.807, 2.05) is 18.2 Å². The lowest BCUT2D eigenvalue weighted by Gasteiger charge is -2.18. The molecule has 0 unspecified atom stereocenters. The van der Waals surface area contributed by atoms with Gasteiger partial charge < -0.3 is 15.5 Å². The Labute approximate surface area is 164 Å². The molecule has 0 atom stereocenters. The number of aromatic nitrogens is 2. The summed E-state index contributed by atoms with van der Waals surface area (Å²) in [6, 6.07) is 13.9. The number of hydrogen-bond acceptors (Lipinski definition) is 5. The average Bonchev–Trinajstić information content (AvgIpc) is 3.28. The van der Waals surface area contributed by atoms with Crippen molar-refractivity contribution in [3.63, 3.8) is 0 Å². The van der Waals surface area contributed by atoms with Crippen LogP contribution in [-0.4, -0.2) is 29.0 Å². The van der Waals surface area contributed by atoms with E-state index in [4.69, 9.17) is 0 Å². The minimum absolute atomic E-state index is 0.155. The number of nitrogens with zero attached hydrogens (tertiary/aromatic N) is 3. The van der Waals surface area contributed by atoms with Gasteiger partial charge >= 0.3 is 0 Å². The Morgan fingerprint density at radius 3 is 2.43 bits per heavy atom. The summed E-state index contributed by atoms with van der Waals surface area (Å²) in [7, 11) is 0. The smallest absolute Gasteiger partial charge is 0.253 e. The zero-order chi connectivity index (χ0) is 19.2. The van der Waals surface area contributed by atoms with Crippen LogP contribution in [0.15, 0.2) is 67.3 Å². The molecule has 0 radical (unpaired) electrons. The van der Waals surface area contributed by atoms with Crippen molar-refractivity contribution >= 4 is 23.0 Å². The third-order valence-corrected chi connectivity index (χ3v) is 4.83. The second-order valence-electron chi connectivity index (χ2n) is 6.87. The minimum Gasteiger partial charge on any atom is -0.372 e. The molecule has 3 aromatic rings. The molecule has 4 rings (SSSR count). The number of carbonyl (C=O) groups excluding carboxylic acids is 1. The predicted molar refractivity (Wildman–Crippen MR) is 111 cm³/mol. The zero-order valence-electron chi connectivity index (χ0n) is 15.6. The predicted octanol–water partition coefficient (Wildman–Crippen LogP) is 3.75. The van der Waals surface area contributed by atoms with E-state index in [9.17, 15) is 4.79 Å². The van der Waals surface area contributed by atoms with Crippen LogP contribution < -0.4 is 15.5 Å². The molecule has 0 spiro atoms. The maximum Gasteiger partial charge on any atom is 0.253 e. The molecule has 0 aliphatic carbocycles. The van der Waals surface area contributed by atoms with E-state index in [-0.39, 0.29) is 5.91 Å². The molecule has 142 valence electrons. The van der Waals surface area contributed by atoms with E-state index >= 15 is 0 Å². The molecular formula is C22H23N5O. The first-order valence-corrected chi connectivity index (χ1v) is 9.52. The zero-order valence-corrected chi connectivity index (χ0v) is 15.6. The largest absolute Gasteiger partial charge is 0.372 e. The lowest BCUT2D eigenvalue weighted by Crippen LogP contribution is -2.23. The summed E-state index contributed by atoms with van der Waals surface area (Å²) in [5.74, 6) is -0.155. The Kier molecular flexibility index (Phi) is 5.47. The van der Waals surface area contributed by atoms with Crippen molar-refractivity contribution in [1.29, 1.82) is 0 Å². The van der Waals surface area contributed by atoms with Crippen LogP contribution in [0, 0.1) is 0 Å². The lowest BCUT2D eigenvalue weighted by atomic mass is 10.2. The Hall–Kier alpha value is -3.41. The first kappa shape index (κ1) is 18.0. The molecule has 1 aliphatic heterocycles. The van der Waals surface area contributed by atoms with Crippen LogP contribution in [0.3, 0.4) is 0 Å². The van der Waals surface area contributed by atoms with Crippen molar-refractivity contribution in [2.75, 3.05) is 23.3 Å². The summed E-state index contributed by atoms with van der Waals surface area (Å²) >= 11 is 0. The Morgan fingerprint density at radius 1 is 0.929 bits per heavy atom. The molecule has 1 saturated heterocycles. The van der Waals surface area contributed by atoms with Crippen molar-refractivity contribution < 1.29 is 4.79 Å². The molecule has 1 aliphatic rings. The number of rotatable bonds is 6. The standard InChI is InChI=1S/C22H23N5O/c28-22(25-14-17-7-9-23-10-8-17)18-13-20(16-24-15-18)26-19-3-5-21(6-4-19)27-11-1-2-12-27/h3-10,13,15-16,26H,1-2,11-12,14H2,(H,25,28). The third kappa shape index (κ3) is 4.46. The van der Waals surface area contributed by atoms with E-state index < -0.39 is 0 Å². The fourth-order valence-electron chi connectivity index (χ4n) is 3.32. The number of amides is 1. The van der Waals surface area contributed by atoms with E-state index in [2.05, 4.69) is 49.8 Å². The van der Waals surface area contributed by atoms with Crippen LogP contribution in [0.5, 0.6) is 0 Å². The summed E-state index contributed by atoms with van der Waals surface area (Å²) in [5.41, 5.74) is 4.53. The maximum absolute atomic E-state index is 12.4. The van der Waals surface area contributed by atoms with Crippen molar-refractivity contribution in [2.45, 2.75) is 19.4 Å². The van der Waals surface area contributed by atoms with Gasteiger partial charge in [0.2, 0.25) is 0 Å². The van der Waals surface area contributed by atoms with Gasteiger partial charge in [0.15, 0.2) is 0 Å². The van der Waals surface area contributed by atoms with Gasteiger partial charge in [-0.05, 0) is 60.9 Å². The number of anilines is 3. The molecule has 2 aromatic heterocycles. The SMILES string of the molecule is O=C(NCc1ccncc1)c1cncc(Nc2ccc(N3CCCC3)cc2)c1. The highest BCUT2D eigenvalue weighted by Crippen LogP contribution is 2.24. The molecule has 6 heteroatoms. The van der Waals surface area contributed by atoms with E-state index in [0.29, 0.717) is 12.1 Å². The van der Waals surface area contributed by atoms with E-state index in [0.717, 1.165) is 30.0 Å². The molecule has 2 N–H and O–H groups in total. The minimum atomic E-state index is -0.155. The van der Waals surface area contributed by atoms with Gasteiger partial charge in [-0.15, -0.1) is 0 Å². The second-order valence-corrected chi connectivity index (χ2v) is 6.87. The first-order valence-electron chi connectivity index (χ1n) is 9.52. The van der Waals surface area contributed by atoms with E-state index in [1.165, 1.54) is 18.5 Å². The fourth-order valence-corrected chi connectivity index (χ4v) is 3.32. The van der Waals surface area contributed by atoms with Crippen LogP contribution in [0.4, 0.5) is 17.1 Å². The first-order chi connectivity index (χ1) is 13.8. The summed E-state index contributed by atoms with van der Waals surface area (Å²) in [4.78, 5) is 23.0. The molecule has 0 bridgehead atoms. The Bertz CT molecular complexity index is 921. The molecule has 1 amide bonds. The Morgan fingerprint density at radius 2 is 1.68 bits per heavy atom. The summed E-state index contributed by atoms with van der Waals surface area (Å²) in [6.07, 6.45) is 9.24. The van der Waals surface area contributed by atoms with Gasteiger partial charge in [-0.3, -0.25) is 14.8 Å². The third-order valence-electron chi connectivity index (χ3n) is 4.83. The highest BCUT2D eigenvalue weighted by molar-refractivity contribution is 5.94. The maximum atomic E-state index is 12.4. The number of nitrogens with one attached hydrogen (secondary N) is 2. The summed E-state index contributed by atoms with van der Waals surface area (Å²) in [6.45, 7) is 2.72. The van der Waals surface area contributed by atoms with Crippen LogP contribution in [0.25, 0.3) is 0 Å². The summed E-state index contributed by atoms with van der Waals surface area (Å²) in [5, 5.41) is 6.23. The second kappa shape index (κ2) is 8.52. The van der Waals surface area contributed by atoms with Gasteiger partial charge in [0.1, 0.15) is 0 Å². The molecule has 1 aromatic carbocycles. The van der Waals surface area contributed by atoms with Gasteiger partial charge in [0.25, 0.3) is 5.91 Å². The van der Waals surface area contributed by atoms with Crippen molar-refractivity contribution in [3.8, 4) is 0 Å². The fraction of sp³-hybridized carbons (Fsp3) is 0.227. The monoisotopic (exact) mass is 373 g/mol. The average molecular weight is 373 g/mol. The van der Waals surface area contributed by atoms with Crippen LogP contribution in [0.1, 0.15) is 28.8 Å². The number of pyridine rings is 2. The topological polar surface area (TPSA) is 70.1 Å². The number of hydrogen-bond donors (Lipinski definition) is 2.